The zero-order valence-electron chi connectivity index (χ0n) is 10.9. The lowest BCUT2D eigenvalue weighted by Gasteiger charge is -2.18. The van der Waals surface area contributed by atoms with Gasteiger partial charge in [0, 0.05) is 5.92 Å². The van der Waals surface area contributed by atoms with Crippen molar-refractivity contribution in [3.63, 3.8) is 0 Å². The van der Waals surface area contributed by atoms with Crippen molar-refractivity contribution < 1.29 is 9.53 Å². The fourth-order valence-corrected chi connectivity index (χ4v) is 2.45. The lowest BCUT2D eigenvalue weighted by atomic mass is 9.86. The molecule has 1 aliphatic carbocycles. The van der Waals surface area contributed by atoms with Crippen LogP contribution in [0.1, 0.15) is 37.7 Å². The van der Waals surface area contributed by atoms with Crippen LogP contribution in [0.5, 0.6) is 5.75 Å². The van der Waals surface area contributed by atoms with E-state index < -0.39 is 0 Å². The molecule has 0 aromatic heterocycles. The molecule has 1 fully saturated rings. The summed E-state index contributed by atoms with van der Waals surface area (Å²) in [5, 5.41) is 0. The second-order valence-corrected chi connectivity index (χ2v) is 4.85. The quantitative estimate of drug-likeness (QED) is 0.752. The Labute approximate surface area is 109 Å². The minimum Gasteiger partial charge on any atom is -0.497 e. The molecule has 2 nitrogen and oxygen atoms in total. The Morgan fingerprint density at radius 1 is 1.28 bits per heavy atom. The van der Waals surface area contributed by atoms with Gasteiger partial charge in [-0.05, 0) is 36.6 Å². The van der Waals surface area contributed by atoms with Crippen LogP contribution in [0.3, 0.4) is 0 Å². The molecule has 1 aromatic rings. The molecule has 96 valence electrons. The second-order valence-electron chi connectivity index (χ2n) is 4.85. The van der Waals surface area contributed by atoms with Crippen LogP contribution < -0.4 is 4.74 Å². The molecular weight excluding hydrogens is 224 g/mol. The minimum atomic E-state index is 0.251. The SMILES string of the molecule is COc1cccc(/C=C/C(=O)C2CCCCC2)c1. The van der Waals surface area contributed by atoms with E-state index in [9.17, 15) is 4.79 Å². The highest BCUT2D eigenvalue weighted by molar-refractivity contribution is 5.95. The molecular formula is C16H20O2. The lowest BCUT2D eigenvalue weighted by molar-refractivity contribution is -0.119. The predicted octanol–water partition coefficient (Wildman–Crippen LogP) is 3.86. The first-order valence-electron chi connectivity index (χ1n) is 6.65. The van der Waals surface area contributed by atoms with Gasteiger partial charge in [-0.2, -0.15) is 0 Å². The fraction of sp³-hybridized carbons (Fsp3) is 0.438. The highest BCUT2D eigenvalue weighted by Gasteiger charge is 2.18. The molecule has 2 rings (SSSR count). The highest BCUT2D eigenvalue weighted by atomic mass is 16.5. The molecule has 0 amide bonds. The summed E-state index contributed by atoms with van der Waals surface area (Å²) in [4.78, 5) is 12.0. The fourth-order valence-electron chi connectivity index (χ4n) is 2.45. The van der Waals surface area contributed by atoms with Crippen LogP contribution in [0.15, 0.2) is 30.3 Å². The number of benzene rings is 1. The van der Waals surface area contributed by atoms with Gasteiger partial charge in [-0.25, -0.2) is 0 Å². The Hall–Kier alpha value is -1.57. The number of allylic oxidation sites excluding steroid dienone is 1. The van der Waals surface area contributed by atoms with Crippen LogP contribution in [0.2, 0.25) is 0 Å². The summed E-state index contributed by atoms with van der Waals surface area (Å²) in [5.41, 5.74) is 1.01. The van der Waals surface area contributed by atoms with E-state index in [1.54, 1.807) is 13.2 Å². The molecule has 0 atom stereocenters. The van der Waals surface area contributed by atoms with Gasteiger partial charge in [0.1, 0.15) is 5.75 Å². The van der Waals surface area contributed by atoms with E-state index in [2.05, 4.69) is 0 Å². The number of ether oxygens (including phenoxy) is 1. The Morgan fingerprint density at radius 3 is 2.78 bits per heavy atom. The Balaban J connectivity index is 1.98. The van der Waals surface area contributed by atoms with Crippen molar-refractivity contribution in [3.8, 4) is 5.75 Å². The lowest BCUT2D eigenvalue weighted by Crippen LogP contribution is -2.15. The maximum Gasteiger partial charge on any atom is 0.158 e. The molecule has 2 heteroatoms. The Kier molecular flexibility index (Phi) is 4.57. The molecule has 0 spiro atoms. The van der Waals surface area contributed by atoms with E-state index in [4.69, 9.17) is 4.74 Å². The molecule has 0 N–H and O–H groups in total. The summed E-state index contributed by atoms with van der Waals surface area (Å²) in [6, 6.07) is 7.75. The van der Waals surface area contributed by atoms with E-state index in [0.29, 0.717) is 0 Å². The summed E-state index contributed by atoms with van der Waals surface area (Å²) in [5.74, 6) is 1.35. The molecule has 0 unspecified atom stereocenters. The molecule has 1 aliphatic rings. The topological polar surface area (TPSA) is 26.3 Å². The average Bonchev–Trinajstić information content (AvgIpc) is 2.46. The third-order valence-electron chi connectivity index (χ3n) is 3.54. The third kappa shape index (κ3) is 3.46. The zero-order valence-corrected chi connectivity index (χ0v) is 10.9. The zero-order chi connectivity index (χ0) is 12.8. The number of hydrogen-bond acceptors (Lipinski definition) is 2. The van der Waals surface area contributed by atoms with Gasteiger partial charge in [0.2, 0.25) is 0 Å². The van der Waals surface area contributed by atoms with Crippen molar-refractivity contribution in [3.05, 3.63) is 35.9 Å². The van der Waals surface area contributed by atoms with Gasteiger partial charge in [0.05, 0.1) is 7.11 Å². The van der Waals surface area contributed by atoms with Gasteiger partial charge >= 0.3 is 0 Å². The third-order valence-corrected chi connectivity index (χ3v) is 3.54. The van der Waals surface area contributed by atoms with Crippen LogP contribution in [0.25, 0.3) is 6.08 Å². The van der Waals surface area contributed by atoms with Gasteiger partial charge in [0.25, 0.3) is 0 Å². The maximum atomic E-state index is 12.0. The molecule has 0 saturated heterocycles. The van der Waals surface area contributed by atoms with Gasteiger partial charge in [-0.1, -0.05) is 37.5 Å². The van der Waals surface area contributed by atoms with E-state index in [-0.39, 0.29) is 11.7 Å². The maximum absolute atomic E-state index is 12.0. The van der Waals surface area contributed by atoms with Crippen molar-refractivity contribution in [1.29, 1.82) is 0 Å². The Bertz CT molecular complexity index is 428. The van der Waals surface area contributed by atoms with Crippen LogP contribution in [-0.4, -0.2) is 12.9 Å². The summed E-state index contributed by atoms with van der Waals surface area (Å²) in [6.45, 7) is 0. The monoisotopic (exact) mass is 244 g/mol. The average molecular weight is 244 g/mol. The van der Waals surface area contributed by atoms with E-state index in [0.717, 1.165) is 24.2 Å². The predicted molar refractivity (Wildman–Crippen MR) is 73.6 cm³/mol. The smallest absolute Gasteiger partial charge is 0.158 e. The van der Waals surface area contributed by atoms with Crippen LogP contribution in [0, 0.1) is 5.92 Å². The van der Waals surface area contributed by atoms with Crippen LogP contribution >= 0.6 is 0 Å². The van der Waals surface area contributed by atoms with Crippen LogP contribution in [0.4, 0.5) is 0 Å². The van der Waals surface area contributed by atoms with Crippen molar-refractivity contribution in [2.45, 2.75) is 32.1 Å². The number of hydrogen-bond donors (Lipinski definition) is 0. The number of carbonyl (C=O) groups excluding carboxylic acids is 1. The van der Waals surface area contributed by atoms with Gasteiger partial charge in [-0.15, -0.1) is 0 Å². The summed E-state index contributed by atoms with van der Waals surface area (Å²) >= 11 is 0. The number of methoxy groups -OCH3 is 1. The van der Waals surface area contributed by atoms with Crippen molar-refractivity contribution in [2.75, 3.05) is 7.11 Å². The Morgan fingerprint density at radius 2 is 2.06 bits per heavy atom. The van der Waals surface area contributed by atoms with Gasteiger partial charge in [0.15, 0.2) is 5.78 Å². The molecule has 0 heterocycles. The molecule has 1 aromatic carbocycles. The van der Waals surface area contributed by atoms with Gasteiger partial charge in [-0.3, -0.25) is 4.79 Å². The first kappa shape index (κ1) is 12.9. The first-order valence-corrected chi connectivity index (χ1v) is 6.65. The number of rotatable bonds is 4. The minimum absolute atomic E-state index is 0.251. The number of ketones is 1. The molecule has 1 saturated carbocycles. The molecule has 0 bridgehead atoms. The summed E-state index contributed by atoms with van der Waals surface area (Å²) in [6.07, 6.45) is 9.41. The first-order chi connectivity index (χ1) is 8.79. The standard InChI is InChI=1S/C16H20O2/c1-18-15-9-5-6-13(12-15)10-11-16(17)14-7-3-2-4-8-14/h5-6,9-12,14H,2-4,7-8H2,1H3/b11-10+. The number of carbonyl (C=O) groups is 1. The molecule has 0 radical (unpaired) electrons. The summed E-state index contributed by atoms with van der Waals surface area (Å²) in [7, 11) is 1.65. The van der Waals surface area contributed by atoms with E-state index in [1.165, 1.54) is 19.3 Å². The van der Waals surface area contributed by atoms with Crippen LogP contribution in [-0.2, 0) is 4.79 Å². The van der Waals surface area contributed by atoms with Crippen molar-refractivity contribution in [2.24, 2.45) is 5.92 Å². The molecule has 18 heavy (non-hydrogen) atoms. The van der Waals surface area contributed by atoms with Gasteiger partial charge < -0.3 is 4.74 Å². The molecule has 0 aliphatic heterocycles. The normalized spacial score (nSPS) is 16.9. The van der Waals surface area contributed by atoms with Crippen molar-refractivity contribution >= 4 is 11.9 Å². The van der Waals surface area contributed by atoms with E-state index >= 15 is 0 Å². The van der Waals surface area contributed by atoms with E-state index in [1.807, 2.05) is 30.3 Å². The second kappa shape index (κ2) is 6.39. The highest BCUT2D eigenvalue weighted by Crippen LogP contribution is 2.25. The summed E-state index contributed by atoms with van der Waals surface area (Å²) < 4.78 is 5.16. The largest absolute Gasteiger partial charge is 0.497 e. The van der Waals surface area contributed by atoms with Crippen molar-refractivity contribution in [1.82, 2.24) is 0 Å².